The molecule has 15 heavy (non-hydrogen) atoms. The topological polar surface area (TPSA) is 55.1 Å². The van der Waals surface area contributed by atoms with Crippen LogP contribution in [-0.4, -0.2) is 17.4 Å². The van der Waals surface area contributed by atoms with Gasteiger partial charge in [-0.05, 0) is 24.6 Å². The Morgan fingerprint density at radius 3 is 2.87 bits per heavy atom. The lowest BCUT2D eigenvalue weighted by Crippen LogP contribution is -2.22. The van der Waals surface area contributed by atoms with Crippen molar-refractivity contribution in [2.24, 2.45) is 5.73 Å². The Morgan fingerprint density at radius 1 is 1.53 bits per heavy atom. The van der Waals surface area contributed by atoms with E-state index in [-0.39, 0.29) is 5.91 Å². The summed E-state index contributed by atoms with van der Waals surface area (Å²) in [6, 6.07) is 7.32. The number of carbonyl (C=O) groups excluding carboxylic acids is 1. The average molecular weight is 222 g/mol. The van der Waals surface area contributed by atoms with Gasteiger partial charge >= 0.3 is 0 Å². The number of benzene rings is 1. The van der Waals surface area contributed by atoms with E-state index in [1.54, 1.807) is 6.07 Å². The van der Waals surface area contributed by atoms with Gasteiger partial charge in [0.25, 0.3) is 5.91 Å². The fourth-order valence-electron chi connectivity index (χ4n) is 1.29. The first-order chi connectivity index (χ1) is 7.13. The van der Waals surface area contributed by atoms with E-state index < -0.39 is 0 Å². The molecule has 0 bridgehead atoms. The van der Waals surface area contributed by atoms with E-state index in [0.717, 1.165) is 5.56 Å². The highest BCUT2D eigenvalue weighted by atomic mass is 32.1. The third-order valence-electron chi connectivity index (χ3n) is 1.90. The molecule has 1 aromatic carbocycles. The molecule has 0 unspecified atom stereocenters. The van der Waals surface area contributed by atoms with Crippen LogP contribution in [0, 0.1) is 0 Å². The molecule has 0 aromatic heterocycles. The molecular formula is C11H14N2OS. The van der Waals surface area contributed by atoms with Crippen LogP contribution in [0.5, 0.6) is 0 Å². The maximum Gasteiger partial charge on any atom is 0.251 e. The SMILES string of the molecule is CCNC(=O)c1cccc(CC(N)=S)c1. The van der Waals surface area contributed by atoms with Gasteiger partial charge in [-0.15, -0.1) is 0 Å². The van der Waals surface area contributed by atoms with E-state index in [4.69, 9.17) is 18.0 Å². The second-order valence-electron chi connectivity index (χ2n) is 3.20. The molecule has 0 saturated carbocycles. The van der Waals surface area contributed by atoms with Crippen molar-refractivity contribution >= 4 is 23.1 Å². The van der Waals surface area contributed by atoms with E-state index in [1.165, 1.54) is 0 Å². The molecule has 0 spiro atoms. The molecule has 0 aliphatic rings. The molecule has 0 aliphatic heterocycles. The predicted molar refractivity (Wildman–Crippen MR) is 64.9 cm³/mol. The van der Waals surface area contributed by atoms with Crippen molar-refractivity contribution in [1.29, 1.82) is 0 Å². The van der Waals surface area contributed by atoms with Gasteiger partial charge in [0, 0.05) is 18.5 Å². The summed E-state index contributed by atoms with van der Waals surface area (Å²) in [5.74, 6) is -0.0673. The van der Waals surface area contributed by atoms with E-state index >= 15 is 0 Å². The fraction of sp³-hybridized carbons (Fsp3) is 0.273. The quantitative estimate of drug-likeness (QED) is 0.754. The lowest BCUT2D eigenvalue weighted by atomic mass is 10.1. The minimum Gasteiger partial charge on any atom is -0.393 e. The van der Waals surface area contributed by atoms with E-state index in [1.807, 2.05) is 25.1 Å². The van der Waals surface area contributed by atoms with Gasteiger partial charge in [0.05, 0.1) is 4.99 Å². The number of carbonyl (C=O) groups is 1. The molecule has 3 N–H and O–H groups in total. The second-order valence-corrected chi connectivity index (χ2v) is 3.73. The van der Waals surface area contributed by atoms with E-state index in [9.17, 15) is 4.79 Å². The Labute approximate surface area is 94.7 Å². The molecule has 3 nitrogen and oxygen atoms in total. The highest BCUT2D eigenvalue weighted by Gasteiger charge is 2.04. The Hall–Kier alpha value is -1.42. The van der Waals surface area contributed by atoms with Crippen molar-refractivity contribution in [2.75, 3.05) is 6.54 Å². The molecule has 1 aromatic rings. The number of nitrogens with two attached hydrogens (primary N) is 1. The molecule has 1 amide bonds. The lowest BCUT2D eigenvalue weighted by Gasteiger charge is -2.04. The maximum absolute atomic E-state index is 11.5. The minimum atomic E-state index is -0.0673. The van der Waals surface area contributed by atoms with Crippen LogP contribution >= 0.6 is 12.2 Å². The van der Waals surface area contributed by atoms with Crippen molar-refractivity contribution in [3.05, 3.63) is 35.4 Å². The van der Waals surface area contributed by atoms with Crippen LogP contribution in [0.4, 0.5) is 0 Å². The van der Waals surface area contributed by atoms with Crippen LogP contribution in [0.1, 0.15) is 22.8 Å². The first-order valence-corrected chi connectivity index (χ1v) is 5.19. The zero-order chi connectivity index (χ0) is 11.3. The Kier molecular flexibility index (Phi) is 4.24. The lowest BCUT2D eigenvalue weighted by molar-refractivity contribution is 0.0955. The predicted octanol–water partition coefficient (Wildman–Crippen LogP) is 1.26. The summed E-state index contributed by atoms with van der Waals surface area (Å²) in [5.41, 5.74) is 7.05. The highest BCUT2D eigenvalue weighted by molar-refractivity contribution is 7.80. The van der Waals surface area contributed by atoms with Gasteiger partial charge in [-0.1, -0.05) is 24.4 Å². The number of amides is 1. The van der Waals surface area contributed by atoms with Gasteiger partial charge in [-0.2, -0.15) is 0 Å². The summed E-state index contributed by atoms with van der Waals surface area (Å²) in [4.78, 5) is 11.9. The van der Waals surface area contributed by atoms with Crippen LogP contribution in [0.2, 0.25) is 0 Å². The van der Waals surface area contributed by atoms with Crippen molar-refractivity contribution in [3.63, 3.8) is 0 Å². The Morgan fingerprint density at radius 2 is 2.27 bits per heavy atom. The van der Waals surface area contributed by atoms with Gasteiger partial charge in [-0.3, -0.25) is 4.79 Å². The number of thiocarbonyl (C=S) groups is 1. The molecule has 0 saturated heterocycles. The van der Waals surface area contributed by atoms with Gasteiger partial charge in [0.15, 0.2) is 0 Å². The summed E-state index contributed by atoms with van der Waals surface area (Å²) in [6.45, 7) is 2.51. The van der Waals surface area contributed by atoms with Crippen LogP contribution < -0.4 is 11.1 Å². The maximum atomic E-state index is 11.5. The molecular weight excluding hydrogens is 208 g/mol. The Balaban J connectivity index is 2.82. The Bertz CT molecular complexity index is 377. The third-order valence-corrected chi connectivity index (χ3v) is 2.05. The largest absolute Gasteiger partial charge is 0.393 e. The van der Waals surface area contributed by atoms with Crippen molar-refractivity contribution in [2.45, 2.75) is 13.3 Å². The molecule has 80 valence electrons. The zero-order valence-corrected chi connectivity index (χ0v) is 9.43. The molecule has 0 radical (unpaired) electrons. The van der Waals surface area contributed by atoms with Crippen molar-refractivity contribution in [1.82, 2.24) is 5.32 Å². The normalized spacial score (nSPS) is 9.67. The fourth-order valence-corrected chi connectivity index (χ4v) is 1.45. The van der Waals surface area contributed by atoms with Gasteiger partial charge in [-0.25, -0.2) is 0 Å². The van der Waals surface area contributed by atoms with Crippen molar-refractivity contribution in [3.8, 4) is 0 Å². The molecule has 0 atom stereocenters. The third kappa shape index (κ3) is 3.67. The van der Waals surface area contributed by atoms with Crippen LogP contribution in [0.15, 0.2) is 24.3 Å². The van der Waals surface area contributed by atoms with Crippen LogP contribution in [0.3, 0.4) is 0 Å². The van der Waals surface area contributed by atoms with Gasteiger partial charge < -0.3 is 11.1 Å². The highest BCUT2D eigenvalue weighted by Crippen LogP contribution is 2.06. The molecule has 0 heterocycles. The first kappa shape index (κ1) is 11.7. The second kappa shape index (κ2) is 5.46. The van der Waals surface area contributed by atoms with E-state index in [0.29, 0.717) is 23.5 Å². The smallest absolute Gasteiger partial charge is 0.251 e. The van der Waals surface area contributed by atoms with Gasteiger partial charge in [0.2, 0.25) is 0 Å². The molecule has 0 fully saturated rings. The summed E-state index contributed by atoms with van der Waals surface area (Å²) >= 11 is 4.81. The van der Waals surface area contributed by atoms with Gasteiger partial charge in [0.1, 0.15) is 0 Å². The number of hydrogen-bond acceptors (Lipinski definition) is 2. The summed E-state index contributed by atoms with van der Waals surface area (Å²) < 4.78 is 0. The summed E-state index contributed by atoms with van der Waals surface area (Å²) in [6.07, 6.45) is 0.530. The number of rotatable bonds is 4. The summed E-state index contributed by atoms with van der Waals surface area (Å²) in [7, 11) is 0. The van der Waals surface area contributed by atoms with Crippen molar-refractivity contribution < 1.29 is 4.79 Å². The minimum absolute atomic E-state index is 0.0673. The number of nitrogens with one attached hydrogen (secondary N) is 1. The monoisotopic (exact) mass is 222 g/mol. The van der Waals surface area contributed by atoms with Crippen LogP contribution in [-0.2, 0) is 6.42 Å². The molecule has 4 heteroatoms. The summed E-state index contributed by atoms with van der Waals surface area (Å²) in [5, 5.41) is 2.74. The molecule has 0 aliphatic carbocycles. The number of hydrogen-bond donors (Lipinski definition) is 2. The first-order valence-electron chi connectivity index (χ1n) is 4.79. The van der Waals surface area contributed by atoms with E-state index in [2.05, 4.69) is 5.32 Å². The standard InChI is InChI=1S/C11H14N2OS/c1-2-13-11(14)9-5-3-4-8(6-9)7-10(12)15/h3-6H,2,7H2,1H3,(H2,12,15)(H,13,14). The zero-order valence-electron chi connectivity index (χ0n) is 8.62. The average Bonchev–Trinajstić information content (AvgIpc) is 2.17. The van der Waals surface area contributed by atoms with Crippen LogP contribution in [0.25, 0.3) is 0 Å². The molecule has 1 rings (SSSR count).